The summed E-state index contributed by atoms with van der Waals surface area (Å²) in [6, 6.07) is 0. The molecule has 0 aromatic rings. The molecule has 1 atom stereocenters. The van der Waals surface area contributed by atoms with E-state index in [0.717, 1.165) is 5.92 Å². The minimum Gasteiger partial charge on any atom is -0.0651 e. The van der Waals surface area contributed by atoms with E-state index in [1.54, 1.807) is 19.3 Å². The molecule has 0 amide bonds. The number of fused-ring (bicyclic) bond motifs is 1. The van der Waals surface area contributed by atoms with Gasteiger partial charge in [-0.05, 0) is 37.0 Å². The first kappa shape index (κ1) is 4.84. The van der Waals surface area contributed by atoms with Crippen LogP contribution in [0.1, 0.15) is 32.6 Å². The number of hydrogen-bond acceptors (Lipinski definition) is 0. The van der Waals surface area contributed by atoms with Gasteiger partial charge in [0.25, 0.3) is 0 Å². The van der Waals surface area contributed by atoms with Gasteiger partial charge in [0.05, 0.1) is 0 Å². The highest BCUT2D eigenvalue weighted by atomic mass is 14.5. The van der Waals surface area contributed by atoms with Crippen molar-refractivity contribution in [3.8, 4) is 0 Å². The maximum absolute atomic E-state index is 2.34. The molecule has 0 heteroatoms. The van der Waals surface area contributed by atoms with Crippen LogP contribution in [0.15, 0.2) is 0 Å². The first-order valence-corrected chi connectivity index (χ1v) is 3.90. The lowest BCUT2D eigenvalue weighted by Gasteiger charge is -2.23. The van der Waals surface area contributed by atoms with Crippen LogP contribution in [-0.2, 0) is 0 Å². The first-order valence-electron chi connectivity index (χ1n) is 3.90. The Balaban J connectivity index is 2.00. The molecule has 46 valence electrons. The minimum atomic E-state index is 1.14. The van der Waals surface area contributed by atoms with Crippen molar-refractivity contribution >= 4 is 0 Å². The Morgan fingerprint density at radius 1 is 1.25 bits per heavy atom. The van der Waals surface area contributed by atoms with Gasteiger partial charge in [0, 0.05) is 0 Å². The lowest BCUT2D eigenvalue weighted by atomic mass is 9.82. The summed E-state index contributed by atoms with van der Waals surface area (Å²) < 4.78 is 0. The molecule has 3 aliphatic carbocycles. The number of hydrogen-bond donors (Lipinski definition) is 0. The van der Waals surface area contributed by atoms with Gasteiger partial charge in [0.15, 0.2) is 0 Å². The zero-order valence-electron chi connectivity index (χ0n) is 5.56. The van der Waals surface area contributed by atoms with Gasteiger partial charge in [-0.2, -0.15) is 0 Å². The average molecular weight is 110 g/mol. The zero-order valence-corrected chi connectivity index (χ0v) is 5.56. The van der Waals surface area contributed by atoms with Crippen molar-refractivity contribution < 1.29 is 0 Å². The van der Waals surface area contributed by atoms with Crippen molar-refractivity contribution in [1.29, 1.82) is 0 Å². The van der Waals surface area contributed by atoms with E-state index in [0.29, 0.717) is 0 Å². The van der Waals surface area contributed by atoms with Crippen molar-refractivity contribution in [3.63, 3.8) is 0 Å². The van der Waals surface area contributed by atoms with Crippen molar-refractivity contribution in [1.82, 2.24) is 0 Å². The van der Waals surface area contributed by atoms with E-state index in [9.17, 15) is 0 Å². The third-order valence-electron chi connectivity index (χ3n) is 3.10. The van der Waals surface area contributed by atoms with Gasteiger partial charge in [-0.1, -0.05) is 13.3 Å². The molecule has 2 bridgehead atoms. The Kier molecular flexibility index (Phi) is 0.902. The summed E-state index contributed by atoms with van der Waals surface area (Å²) in [6.45, 7) is 2.34. The summed E-state index contributed by atoms with van der Waals surface area (Å²) >= 11 is 0. The maximum atomic E-state index is 2.34. The normalized spacial score (nSPS) is 51.4. The fourth-order valence-electron chi connectivity index (χ4n) is 2.49. The highest BCUT2D eigenvalue weighted by Gasteiger charge is 2.42. The molecule has 0 heterocycles. The molecule has 3 saturated carbocycles. The van der Waals surface area contributed by atoms with Crippen LogP contribution >= 0.6 is 0 Å². The summed E-state index contributed by atoms with van der Waals surface area (Å²) in [5.41, 5.74) is 0. The van der Waals surface area contributed by atoms with Gasteiger partial charge in [-0.15, -0.1) is 0 Å². The maximum Gasteiger partial charge on any atom is -0.0381 e. The lowest BCUT2D eigenvalue weighted by molar-refractivity contribution is 0.272. The quantitative estimate of drug-likeness (QED) is 0.486. The summed E-state index contributed by atoms with van der Waals surface area (Å²) in [5, 5.41) is 0. The summed E-state index contributed by atoms with van der Waals surface area (Å²) in [7, 11) is 0. The van der Waals surface area contributed by atoms with Gasteiger partial charge in [0.1, 0.15) is 0 Å². The predicted octanol–water partition coefficient (Wildman–Crippen LogP) is 2.44. The van der Waals surface area contributed by atoms with Gasteiger partial charge in [0.2, 0.25) is 0 Å². The molecule has 0 aromatic carbocycles. The fourth-order valence-corrected chi connectivity index (χ4v) is 2.49. The molecule has 0 aromatic heterocycles. The molecule has 0 radical (unpaired) electrons. The fraction of sp³-hybridized carbons (Fsp3) is 1.00. The zero-order chi connectivity index (χ0) is 5.56. The van der Waals surface area contributed by atoms with Gasteiger partial charge < -0.3 is 0 Å². The van der Waals surface area contributed by atoms with E-state index >= 15 is 0 Å². The Labute approximate surface area is 51.3 Å². The monoisotopic (exact) mass is 110 g/mol. The molecule has 0 spiro atoms. The molecule has 0 N–H and O–H groups in total. The number of rotatable bonds is 1. The third kappa shape index (κ3) is 0.463. The molecule has 0 nitrogen and oxygen atoms in total. The van der Waals surface area contributed by atoms with Crippen LogP contribution in [0.2, 0.25) is 0 Å². The molecular formula is C8H14. The molecule has 3 rings (SSSR count). The summed E-state index contributed by atoms with van der Waals surface area (Å²) in [5.74, 6) is 3.48. The van der Waals surface area contributed by atoms with Crippen LogP contribution in [0.3, 0.4) is 0 Å². The Morgan fingerprint density at radius 2 is 2.00 bits per heavy atom. The lowest BCUT2D eigenvalue weighted by Crippen LogP contribution is -2.13. The Morgan fingerprint density at radius 3 is 2.25 bits per heavy atom. The second-order valence-electron chi connectivity index (χ2n) is 3.50. The second-order valence-corrected chi connectivity index (χ2v) is 3.50. The second kappa shape index (κ2) is 1.49. The van der Waals surface area contributed by atoms with E-state index in [1.165, 1.54) is 18.3 Å². The highest BCUT2D eigenvalue weighted by Crippen LogP contribution is 2.53. The molecule has 0 unspecified atom stereocenters. The highest BCUT2D eigenvalue weighted by molar-refractivity contribution is 4.93. The van der Waals surface area contributed by atoms with Crippen LogP contribution in [-0.4, -0.2) is 0 Å². The molecular weight excluding hydrogens is 96.1 g/mol. The van der Waals surface area contributed by atoms with Gasteiger partial charge >= 0.3 is 0 Å². The summed E-state index contributed by atoms with van der Waals surface area (Å²) in [4.78, 5) is 0. The van der Waals surface area contributed by atoms with Crippen LogP contribution < -0.4 is 0 Å². The third-order valence-corrected chi connectivity index (χ3v) is 3.10. The molecule has 8 heavy (non-hydrogen) atoms. The van der Waals surface area contributed by atoms with Crippen LogP contribution in [0.5, 0.6) is 0 Å². The van der Waals surface area contributed by atoms with E-state index in [2.05, 4.69) is 6.92 Å². The van der Waals surface area contributed by atoms with Gasteiger partial charge in [-0.25, -0.2) is 0 Å². The largest absolute Gasteiger partial charge is 0.0651 e. The van der Waals surface area contributed by atoms with E-state index in [4.69, 9.17) is 0 Å². The van der Waals surface area contributed by atoms with Crippen molar-refractivity contribution in [3.05, 3.63) is 0 Å². The molecule has 3 fully saturated rings. The van der Waals surface area contributed by atoms with Crippen molar-refractivity contribution in [2.45, 2.75) is 32.6 Å². The minimum absolute atomic E-state index is 1.14. The Bertz CT molecular complexity index is 90.2. The Hall–Kier alpha value is 0. The van der Waals surface area contributed by atoms with Crippen LogP contribution in [0, 0.1) is 17.8 Å². The molecule has 3 aliphatic rings. The average Bonchev–Trinajstić information content (AvgIpc) is 2.15. The summed E-state index contributed by atoms with van der Waals surface area (Å²) in [6.07, 6.45) is 6.18. The first-order chi connectivity index (χ1) is 3.90. The predicted molar refractivity (Wildman–Crippen MR) is 34.6 cm³/mol. The van der Waals surface area contributed by atoms with Crippen LogP contribution in [0.4, 0.5) is 0 Å². The van der Waals surface area contributed by atoms with E-state index in [1.807, 2.05) is 0 Å². The van der Waals surface area contributed by atoms with Gasteiger partial charge in [-0.3, -0.25) is 0 Å². The van der Waals surface area contributed by atoms with E-state index < -0.39 is 0 Å². The van der Waals surface area contributed by atoms with Crippen molar-refractivity contribution in [2.75, 3.05) is 0 Å². The van der Waals surface area contributed by atoms with Crippen molar-refractivity contribution in [2.24, 2.45) is 17.8 Å². The standard InChI is InChI=1S/C8H14/c1-2-7-3-6-4-8(7)5-6/h6-8H,2-5H2,1H3/t6?,7-,8?/m1/s1. The smallest absolute Gasteiger partial charge is 0.0381 e. The van der Waals surface area contributed by atoms with Crippen LogP contribution in [0.25, 0.3) is 0 Å². The topological polar surface area (TPSA) is 0 Å². The molecule has 0 aliphatic heterocycles. The SMILES string of the molecule is CC[C@@H]1CC2CC1C2. The molecule has 0 saturated heterocycles. The van der Waals surface area contributed by atoms with E-state index in [-0.39, 0.29) is 0 Å².